The molecule has 1 heterocycles. The first kappa shape index (κ1) is 20.3. The van der Waals surface area contributed by atoms with Crippen LogP contribution in [-0.2, 0) is 20.6 Å². The van der Waals surface area contributed by atoms with Crippen molar-refractivity contribution in [3.8, 4) is 0 Å². The van der Waals surface area contributed by atoms with Crippen molar-refractivity contribution < 1.29 is 18.1 Å². The fraction of sp³-hybridized carbons (Fsp3) is 0.588. The third-order valence-electron chi connectivity index (χ3n) is 4.82. The third-order valence-corrected chi connectivity index (χ3v) is 6.67. The first-order chi connectivity index (χ1) is 12.1. The quantitative estimate of drug-likeness (QED) is 0.552. The summed E-state index contributed by atoms with van der Waals surface area (Å²) in [4.78, 5) is 24.2. The number of carbonyl (C=O) groups is 1. The summed E-state index contributed by atoms with van der Waals surface area (Å²) >= 11 is 0. The molecular formula is C17H25N3O5S. The number of sulfonamides is 1. The molecule has 0 atom stereocenters. The summed E-state index contributed by atoms with van der Waals surface area (Å²) in [6.45, 7) is 4.53. The first-order valence-corrected chi connectivity index (χ1v) is 10.2. The predicted molar refractivity (Wildman–Crippen MR) is 97.9 cm³/mol. The molecule has 0 aromatic heterocycles. The van der Waals surface area contributed by atoms with Crippen molar-refractivity contribution in [2.45, 2.75) is 38.5 Å². The molecule has 1 aromatic carbocycles. The van der Waals surface area contributed by atoms with E-state index in [9.17, 15) is 23.3 Å². The van der Waals surface area contributed by atoms with E-state index in [1.54, 1.807) is 11.9 Å². The molecule has 0 aliphatic carbocycles. The predicted octanol–water partition coefficient (Wildman–Crippen LogP) is 2.00. The van der Waals surface area contributed by atoms with Crippen LogP contribution in [0.15, 0.2) is 24.3 Å². The van der Waals surface area contributed by atoms with Crippen LogP contribution < -0.4 is 0 Å². The lowest BCUT2D eigenvalue weighted by molar-refractivity contribution is -0.384. The molecule has 0 N–H and O–H groups in total. The number of nitro groups is 1. The minimum absolute atomic E-state index is 0.0624. The molecule has 144 valence electrons. The van der Waals surface area contributed by atoms with Gasteiger partial charge in [-0.05, 0) is 32.3 Å². The van der Waals surface area contributed by atoms with E-state index in [1.165, 1.54) is 28.6 Å². The Morgan fingerprint density at radius 2 is 1.81 bits per heavy atom. The molecule has 0 saturated carbocycles. The van der Waals surface area contributed by atoms with Gasteiger partial charge in [0.1, 0.15) is 0 Å². The molecule has 0 spiro atoms. The Hall–Kier alpha value is -2.00. The lowest BCUT2D eigenvalue weighted by atomic mass is 9.96. The van der Waals surface area contributed by atoms with Gasteiger partial charge in [0.15, 0.2) is 0 Å². The van der Waals surface area contributed by atoms with E-state index in [0.717, 1.165) is 0 Å². The summed E-state index contributed by atoms with van der Waals surface area (Å²) < 4.78 is 26.6. The Kier molecular flexibility index (Phi) is 6.35. The second kappa shape index (κ2) is 8.13. The van der Waals surface area contributed by atoms with E-state index in [2.05, 4.69) is 0 Å². The van der Waals surface area contributed by atoms with Gasteiger partial charge in [-0.1, -0.05) is 12.1 Å². The molecule has 0 radical (unpaired) electrons. The van der Waals surface area contributed by atoms with E-state index < -0.39 is 14.9 Å². The standard InChI is InChI=1S/C17H25N3O5S/c1-13(2)18(3)17(21)15-8-10-19(11-9-15)26(24,25)12-14-4-6-16(7-5-14)20(22)23/h4-7,13,15H,8-12H2,1-3H3. The van der Waals surface area contributed by atoms with Crippen LogP contribution in [0.25, 0.3) is 0 Å². The summed E-state index contributed by atoms with van der Waals surface area (Å²) in [7, 11) is -1.75. The summed E-state index contributed by atoms with van der Waals surface area (Å²) in [6.07, 6.45) is 1.02. The fourth-order valence-electron chi connectivity index (χ4n) is 2.94. The number of non-ortho nitro benzene ring substituents is 1. The normalized spacial score (nSPS) is 16.6. The zero-order valence-corrected chi connectivity index (χ0v) is 16.1. The highest BCUT2D eigenvalue weighted by molar-refractivity contribution is 7.88. The highest BCUT2D eigenvalue weighted by Gasteiger charge is 2.32. The molecule has 1 aliphatic heterocycles. The number of carbonyl (C=O) groups excluding carboxylic acids is 1. The number of hydrogen-bond donors (Lipinski definition) is 0. The molecule has 1 amide bonds. The van der Waals surface area contributed by atoms with Gasteiger partial charge in [0, 0.05) is 44.2 Å². The highest BCUT2D eigenvalue weighted by Crippen LogP contribution is 2.24. The lowest BCUT2D eigenvalue weighted by Gasteiger charge is -2.33. The maximum Gasteiger partial charge on any atom is 0.269 e. The Bertz CT molecular complexity index is 753. The summed E-state index contributed by atoms with van der Waals surface area (Å²) in [6, 6.07) is 5.65. The fourth-order valence-corrected chi connectivity index (χ4v) is 4.50. The number of rotatable bonds is 6. The van der Waals surface area contributed by atoms with Crippen molar-refractivity contribution in [1.82, 2.24) is 9.21 Å². The van der Waals surface area contributed by atoms with Gasteiger partial charge < -0.3 is 4.90 Å². The maximum atomic E-state index is 12.6. The molecule has 1 aromatic rings. The minimum Gasteiger partial charge on any atom is -0.343 e. The number of amides is 1. The largest absolute Gasteiger partial charge is 0.343 e. The Morgan fingerprint density at radius 1 is 1.27 bits per heavy atom. The highest BCUT2D eigenvalue weighted by atomic mass is 32.2. The van der Waals surface area contributed by atoms with Crippen molar-refractivity contribution in [1.29, 1.82) is 0 Å². The SMILES string of the molecule is CC(C)N(C)C(=O)C1CCN(S(=O)(=O)Cc2ccc([N+](=O)[O-])cc2)CC1. The zero-order chi connectivity index (χ0) is 19.5. The van der Waals surface area contributed by atoms with Crippen LogP contribution in [0.1, 0.15) is 32.3 Å². The van der Waals surface area contributed by atoms with Gasteiger partial charge in [-0.15, -0.1) is 0 Å². The van der Waals surface area contributed by atoms with Gasteiger partial charge in [-0.2, -0.15) is 0 Å². The van der Waals surface area contributed by atoms with Gasteiger partial charge in [0.2, 0.25) is 15.9 Å². The monoisotopic (exact) mass is 383 g/mol. The van der Waals surface area contributed by atoms with E-state index >= 15 is 0 Å². The van der Waals surface area contributed by atoms with Crippen molar-refractivity contribution in [3.63, 3.8) is 0 Å². The van der Waals surface area contributed by atoms with Gasteiger partial charge >= 0.3 is 0 Å². The van der Waals surface area contributed by atoms with Crippen molar-refractivity contribution in [2.75, 3.05) is 20.1 Å². The van der Waals surface area contributed by atoms with Gasteiger partial charge in [0.25, 0.3) is 5.69 Å². The summed E-state index contributed by atoms with van der Waals surface area (Å²) in [5, 5.41) is 10.7. The second-order valence-corrected chi connectivity index (χ2v) is 8.86. The molecule has 9 heteroatoms. The van der Waals surface area contributed by atoms with Crippen LogP contribution in [0.3, 0.4) is 0 Å². The smallest absolute Gasteiger partial charge is 0.269 e. The molecule has 8 nitrogen and oxygen atoms in total. The molecule has 26 heavy (non-hydrogen) atoms. The van der Waals surface area contributed by atoms with Crippen molar-refractivity contribution in [2.24, 2.45) is 5.92 Å². The average Bonchev–Trinajstić information content (AvgIpc) is 2.60. The summed E-state index contributed by atoms with van der Waals surface area (Å²) in [5.41, 5.74) is 0.438. The van der Waals surface area contributed by atoms with Gasteiger partial charge in [-0.3, -0.25) is 14.9 Å². The average molecular weight is 383 g/mol. The van der Waals surface area contributed by atoms with Crippen LogP contribution in [0.5, 0.6) is 0 Å². The second-order valence-electron chi connectivity index (χ2n) is 6.90. The molecule has 1 aliphatic rings. The van der Waals surface area contributed by atoms with Crippen LogP contribution in [0.2, 0.25) is 0 Å². The van der Waals surface area contributed by atoms with Crippen LogP contribution in [-0.4, -0.2) is 54.6 Å². The Labute approximate surface area is 154 Å². The summed E-state index contributed by atoms with van der Waals surface area (Å²) in [5.74, 6) is -0.282. The molecule has 1 saturated heterocycles. The molecule has 0 bridgehead atoms. The minimum atomic E-state index is -3.52. The molecule has 2 rings (SSSR count). The first-order valence-electron chi connectivity index (χ1n) is 8.59. The molecule has 1 fully saturated rings. The lowest BCUT2D eigenvalue weighted by Crippen LogP contribution is -2.45. The number of piperidine rings is 1. The zero-order valence-electron chi connectivity index (χ0n) is 15.3. The van der Waals surface area contributed by atoms with Gasteiger partial charge in [0.05, 0.1) is 10.7 Å². The molecule has 0 unspecified atom stereocenters. The van der Waals surface area contributed by atoms with Crippen LogP contribution >= 0.6 is 0 Å². The Morgan fingerprint density at radius 3 is 2.27 bits per heavy atom. The number of hydrogen-bond acceptors (Lipinski definition) is 5. The molecular weight excluding hydrogens is 358 g/mol. The topological polar surface area (TPSA) is 101 Å². The third kappa shape index (κ3) is 4.79. The number of nitro benzene ring substituents is 1. The number of nitrogens with zero attached hydrogens (tertiary/aromatic N) is 3. The number of benzene rings is 1. The maximum absolute atomic E-state index is 12.6. The van der Waals surface area contributed by atoms with Crippen LogP contribution in [0, 0.1) is 16.0 Å². The van der Waals surface area contributed by atoms with E-state index in [-0.39, 0.29) is 29.3 Å². The van der Waals surface area contributed by atoms with Crippen molar-refractivity contribution >= 4 is 21.6 Å². The van der Waals surface area contributed by atoms with Gasteiger partial charge in [-0.25, -0.2) is 12.7 Å². The van der Waals surface area contributed by atoms with Crippen molar-refractivity contribution in [3.05, 3.63) is 39.9 Å². The van der Waals surface area contributed by atoms with E-state index in [4.69, 9.17) is 0 Å². The van der Waals surface area contributed by atoms with E-state index in [1.807, 2.05) is 13.8 Å². The van der Waals surface area contributed by atoms with Crippen LogP contribution in [0.4, 0.5) is 5.69 Å². The Balaban J connectivity index is 1.97. The van der Waals surface area contributed by atoms with E-state index in [0.29, 0.717) is 31.5 Å².